The first kappa shape index (κ1) is 30.0. The molecular formula is C38H47NO4. The lowest BCUT2D eigenvalue weighted by atomic mass is 9.36. The van der Waals surface area contributed by atoms with Crippen molar-refractivity contribution in [2.24, 2.45) is 44.3 Å². The number of allylic oxidation sites excluding steroid dienone is 3. The van der Waals surface area contributed by atoms with E-state index in [-0.39, 0.29) is 40.9 Å². The van der Waals surface area contributed by atoms with E-state index in [1.165, 1.54) is 0 Å². The van der Waals surface area contributed by atoms with Gasteiger partial charge in [0.15, 0.2) is 11.6 Å². The van der Waals surface area contributed by atoms with Gasteiger partial charge in [-0.3, -0.25) is 14.4 Å². The van der Waals surface area contributed by atoms with E-state index >= 15 is 0 Å². The van der Waals surface area contributed by atoms with Gasteiger partial charge in [0.05, 0.1) is 11.5 Å². The molecule has 1 aromatic carbocycles. The van der Waals surface area contributed by atoms with Gasteiger partial charge in [-0.25, -0.2) is 0 Å². The van der Waals surface area contributed by atoms with Gasteiger partial charge in [-0.15, -0.1) is 0 Å². The van der Waals surface area contributed by atoms with Crippen LogP contribution in [0.5, 0.6) is 0 Å². The highest BCUT2D eigenvalue weighted by molar-refractivity contribution is 6.09. The van der Waals surface area contributed by atoms with Crippen molar-refractivity contribution in [3.63, 3.8) is 0 Å². The molecule has 5 aliphatic carbocycles. The maximum absolute atomic E-state index is 14.6. The van der Waals surface area contributed by atoms with E-state index in [0.717, 1.165) is 48.0 Å². The monoisotopic (exact) mass is 581 g/mol. The fourth-order valence-electron chi connectivity index (χ4n) is 10.6. The summed E-state index contributed by atoms with van der Waals surface area (Å²) < 4.78 is 6.06. The van der Waals surface area contributed by atoms with Gasteiger partial charge in [0, 0.05) is 16.4 Å². The summed E-state index contributed by atoms with van der Waals surface area (Å²) in [6.07, 6.45) is 7.84. The number of ether oxygens (including phenoxy) is 1. The Balaban J connectivity index is 1.48. The van der Waals surface area contributed by atoms with Crippen LogP contribution in [0.3, 0.4) is 0 Å². The Labute approximate surface area is 257 Å². The van der Waals surface area contributed by atoms with E-state index in [1.807, 2.05) is 50.3 Å². The maximum atomic E-state index is 14.6. The summed E-state index contributed by atoms with van der Waals surface area (Å²) >= 11 is 0. The number of hydrogen-bond acceptors (Lipinski definition) is 5. The minimum Gasteiger partial charge on any atom is -0.460 e. The van der Waals surface area contributed by atoms with Crippen LogP contribution in [0.25, 0.3) is 0 Å². The molecule has 1 unspecified atom stereocenters. The van der Waals surface area contributed by atoms with Gasteiger partial charge < -0.3 is 4.74 Å². The molecule has 0 aromatic heterocycles. The first-order valence-corrected chi connectivity index (χ1v) is 16.2. The topological polar surface area (TPSA) is 84.2 Å². The molecule has 6 rings (SSSR count). The summed E-state index contributed by atoms with van der Waals surface area (Å²) in [5, 5.41) is 10.0. The Morgan fingerprint density at radius 2 is 1.60 bits per heavy atom. The average molecular weight is 582 g/mol. The normalized spacial score (nSPS) is 39.3. The number of hydrogen-bond donors (Lipinski definition) is 0. The molecule has 3 fully saturated rings. The quantitative estimate of drug-likeness (QED) is 0.337. The van der Waals surface area contributed by atoms with Crippen molar-refractivity contribution in [1.82, 2.24) is 0 Å². The lowest BCUT2D eigenvalue weighted by Crippen LogP contribution is -2.62. The van der Waals surface area contributed by atoms with Gasteiger partial charge in [0.1, 0.15) is 12.5 Å². The van der Waals surface area contributed by atoms with Crippen molar-refractivity contribution in [1.29, 1.82) is 5.26 Å². The van der Waals surface area contributed by atoms with Crippen LogP contribution < -0.4 is 0 Å². The smallest absolute Gasteiger partial charge is 0.316 e. The summed E-state index contributed by atoms with van der Waals surface area (Å²) in [5.41, 5.74) is 1.34. The zero-order chi connectivity index (χ0) is 31.2. The molecule has 0 spiro atoms. The van der Waals surface area contributed by atoms with E-state index in [1.54, 1.807) is 0 Å². The first-order valence-electron chi connectivity index (χ1n) is 16.2. The van der Waals surface area contributed by atoms with Crippen LogP contribution >= 0.6 is 0 Å². The SMILES string of the molecule is CC1(C)CC[C@]2(C(=O)OCc3ccccc3)CC[C@]3(C)C(=C2C1)C(=O)C=C1[C@@]2(C)CC(C#N)C(=O)C(C)(C)[C@@H]2CC[C@]13C. The lowest BCUT2D eigenvalue weighted by Gasteiger charge is -2.66. The third kappa shape index (κ3) is 4.04. The molecule has 1 aromatic rings. The predicted octanol–water partition coefficient (Wildman–Crippen LogP) is 8.09. The Kier molecular flexibility index (Phi) is 6.64. The number of carbonyl (C=O) groups excluding carboxylic acids is 3. The van der Waals surface area contributed by atoms with E-state index in [4.69, 9.17) is 4.74 Å². The molecule has 6 atom stereocenters. The molecular weight excluding hydrogens is 534 g/mol. The Morgan fingerprint density at radius 1 is 0.930 bits per heavy atom. The van der Waals surface area contributed by atoms with E-state index < -0.39 is 27.6 Å². The van der Waals surface area contributed by atoms with E-state index in [9.17, 15) is 19.6 Å². The van der Waals surface area contributed by atoms with Crippen LogP contribution in [0.2, 0.25) is 0 Å². The van der Waals surface area contributed by atoms with Crippen LogP contribution in [0.15, 0.2) is 53.1 Å². The zero-order valence-corrected chi connectivity index (χ0v) is 27.1. The number of nitriles is 1. The molecule has 0 aliphatic heterocycles. The molecule has 0 N–H and O–H groups in total. The summed E-state index contributed by atoms with van der Waals surface area (Å²) in [6.45, 7) is 15.5. The molecule has 5 aliphatic rings. The van der Waals surface area contributed by atoms with Gasteiger partial charge in [-0.2, -0.15) is 5.26 Å². The third-order valence-electron chi connectivity index (χ3n) is 13.2. The minimum atomic E-state index is -0.775. The number of fused-ring (bicyclic) bond motifs is 6. The van der Waals surface area contributed by atoms with Crippen molar-refractivity contribution in [2.75, 3.05) is 0 Å². The van der Waals surface area contributed by atoms with Gasteiger partial charge in [-0.05, 0) is 90.7 Å². The maximum Gasteiger partial charge on any atom is 0.316 e. The van der Waals surface area contributed by atoms with Crippen LogP contribution in [-0.4, -0.2) is 17.5 Å². The largest absolute Gasteiger partial charge is 0.460 e. The fourth-order valence-corrected chi connectivity index (χ4v) is 10.6. The van der Waals surface area contributed by atoms with Crippen molar-refractivity contribution in [3.05, 3.63) is 58.7 Å². The summed E-state index contributed by atoms with van der Waals surface area (Å²) in [4.78, 5) is 42.1. The molecule has 5 nitrogen and oxygen atoms in total. The summed E-state index contributed by atoms with van der Waals surface area (Å²) in [6, 6.07) is 12.1. The van der Waals surface area contributed by atoms with Crippen LogP contribution in [0.1, 0.15) is 105 Å². The number of Topliss-reactive ketones (excluding diaryl/α,β-unsaturated/α-hetero) is 1. The molecule has 228 valence electrons. The van der Waals surface area contributed by atoms with Gasteiger partial charge in [-0.1, -0.05) is 84.4 Å². The number of carbonyl (C=O) groups is 3. The lowest BCUT2D eigenvalue weighted by molar-refractivity contribution is -0.160. The van der Waals surface area contributed by atoms with Crippen LogP contribution in [0, 0.1) is 55.7 Å². The number of benzene rings is 1. The van der Waals surface area contributed by atoms with Crippen LogP contribution in [0.4, 0.5) is 0 Å². The molecule has 0 radical (unpaired) electrons. The number of esters is 1. The Morgan fingerprint density at radius 3 is 2.28 bits per heavy atom. The Bertz CT molecular complexity index is 1510. The molecule has 3 saturated carbocycles. The zero-order valence-electron chi connectivity index (χ0n) is 27.1. The van der Waals surface area contributed by atoms with E-state index in [0.29, 0.717) is 25.7 Å². The van der Waals surface area contributed by atoms with Crippen molar-refractivity contribution in [2.45, 2.75) is 106 Å². The number of ketones is 2. The highest BCUT2D eigenvalue weighted by atomic mass is 16.5. The molecule has 0 amide bonds. The molecule has 5 heteroatoms. The van der Waals surface area contributed by atoms with E-state index in [2.05, 4.69) is 40.7 Å². The highest BCUT2D eigenvalue weighted by Gasteiger charge is 2.68. The number of rotatable bonds is 3. The van der Waals surface area contributed by atoms with Crippen molar-refractivity contribution in [3.8, 4) is 6.07 Å². The second kappa shape index (κ2) is 9.50. The summed E-state index contributed by atoms with van der Waals surface area (Å²) in [5.74, 6) is -0.721. The van der Waals surface area contributed by atoms with Gasteiger partial charge in [0.25, 0.3) is 0 Å². The minimum absolute atomic E-state index is 0.0210. The second-order valence-electron chi connectivity index (χ2n) is 16.4. The van der Waals surface area contributed by atoms with Crippen molar-refractivity contribution < 1.29 is 19.1 Å². The molecule has 0 saturated heterocycles. The third-order valence-corrected chi connectivity index (χ3v) is 13.2. The van der Waals surface area contributed by atoms with Crippen LogP contribution in [-0.2, 0) is 25.7 Å². The number of nitrogens with zero attached hydrogens (tertiary/aromatic N) is 1. The second-order valence-corrected chi connectivity index (χ2v) is 16.4. The molecule has 0 bridgehead atoms. The molecule has 0 heterocycles. The fraction of sp³-hybridized carbons (Fsp3) is 0.632. The average Bonchev–Trinajstić information content (AvgIpc) is 2.95. The Hall–Kier alpha value is -3.00. The summed E-state index contributed by atoms with van der Waals surface area (Å²) in [7, 11) is 0. The van der Waals surface area contributed by atoms with Gasteiger partial charge in [0.2, 0.25) is 0 Å². The predicted molar refractivity (Wildman–Crippen MR) is 165 cm³/mol. The molecule has 43 heavy (non-hydrogen) atoms. The first-order chi connectivity index (χ1) is 20.1. The highest BCUT2D eigenvalue weighted by Crippen LogP contribution is 2.73. The van der Waals surface area contributed by atoms with Crippen molar-refractivity contribution >= 4 is 17.5 Å². The standard InChI is InChI=1S/C38H47NO4/c1-33(2)15-17-38(32(42)43-23-24-11-9-8-10-12-24)18-16-37(7)30(26(38)21-33)27(40)19-29-35(5)20-25(22-39)31(41)34(3,4)28(35)13-14-36(29,37)6/h8-12,19,25,28H,13-18,20-21,23H2,1-7H3/t25?,28-,35-,36+,37+,38-/m0/s1. The van der Waals surface area contributed by atoms with Gasteiger partial charge >= 0.3 is 5.97 Å².